The second-order valence-corrected chi connectivity index (χ2v) is 4.21. The molecule has 0 saturated heterocycles. The van der Waals surface area contributed by atoms with E-state index in [0.29, 0.717) is 0 Å². The van der Waals surface area contributed by atoms with Crippen molar-refractivity contribution in [3.63, 3.8) is 0 Å². The molecule has 1 rings (SSSR count). The fourth-order valence-corrected chi connectivity index (χ4v) is 1.20. The van der Waals surface area contributed by atoms with Crippen molar-refractivity contribution in [3.8, 4) is 0 Å². The van der Waals surface area contributed by atoms with Crippen LogP contribution in [0.1, 0.15) is 31.0 Å². The summed E-state index contributed by atoms with van der Waals surface area (Å²) in [6, 6.07) is 8.08. The van der Waals surface area contributed by atoms with Crippen molar-refractivity contribution in [2.24, 2.45) is 11.5 Å². The summed E-state index contributed by atoms with van der Waals surface area (Å²) < 4.78 is 0. The Kier molecular flexibility index (Phi) is 2.74. The van der Waals surface area contributed by atoms with Gasteiger partial charge in [0, 0.05) is 11.6 Å². The van der Waals surface area contributed by atoms with Gasteiger partial charge in [0.25, 0.3) is 0 Å². The van der Waals surface area contributed by atoms with Gasteiger partial charge in [0.2, 0.25) is 0 Å². The number of hydrogen-bond acceptors (Lipinski definition) is 2. The van der Waals surface area contributed by atoms with E-state index in [-0.39, 0.29) is 11.6 Å². The second kappa shape index (κ2) is 3.48. The van der Waals surface area contributed by atoms with Crippen LogP contribution in [0.3, 0.4) is 0 Å². The zero-order chi connectivity index (χ0) is 10.1. The first-order valence-electron chi connectivity index (χ1n) is 4.52. The predicted molar refractivity (Wildman–Crippen MR) is 56.4 cm³/mol. The molecule has 0 aromatic heterocycles. The molecule has 13 heavy (non-hydrogen) atoms. The van der Waals surface area contributed by atoms with Crippen LogP contribution in [0.5, 0.6) is 0 Å². The molecular weight excluding hydrogens is 160 g/mol. The largest absolute Gasteiger partial charge is 0.324 e. The molecule has 72 valence electrons. The van der Waals surface area contributed by atoms with Crippen LogP contribution in [-0.2, 0) is 0 Å². The van der Waals surface area contributed by atoms with Crippen LogP contribution < -0.4 is 11.5 Å². The molecular formula is C11H18N2. The minimum atomic E-state index is -0.366. The van der Waals surface area contributed by atoms with Gasteiger partial charge >= 0.3 is 0 Å². The van der Waals surface area contributed by atoms with Gasteiger partial charge in [-0.3, -0.25) is 0 Å². The van der Waals surface area contributed by atoms with Crippen molar-refractivity contribution >= 4 is 0 Å². The Morgan fingerprint density at radius 1 is 1.15 bits per heavy atom. The van der Waals surface area contributed by atoms with Crippen LogP contribution in [0.2, 0.25) is 0 Å². The summed E-state index contributed by atoms with van der Waals surface area (Å²) >= 11 is 0. The molecule has 0 bridgehead atoms. The van der Waals surface area contributed by atoms with Crippen LogP contribution in [0, 0.1) is 6.92 Å². The molecule has 1 aromatic rings. The van der Waals surface area contributed by atoms with Gasteiger partial charge in [0.1, 0.15) is 0 Å². The Morgan fingerprint density at radius 3 is 2.00 bits per heavy atom. The molecule has 0 radical (unpaired) electrons. The lowest BCUT2D eigenvalue weighted by Gasteiger charge is -2.27. The van der Waals surface area contributed by atoms with Gasteiger partial charge in [-0.1, -0.05) is 29.8 Å². The van der Waals surface area contributed by atoms with Crippen molar-refractivity contribution in [2.75, 3.05) is 0 Å². The topological polar surface area (TPSA) is 52.0 Å². The average Bonchev–Trinajstić information content (AvgIpc) is 2.03. The maximum atomic E-state index is 6.00. The van der Waals surface area contributed by atoms with Gasteiger partial charge in [-0.15, -0.1) is 0 Å². The van der Waals surface area contributed by atoms with E-state index in [1.54, 1.807) is 0 Å². The smallest absolute Gasteiger partial charge is 0.0472 e. The van der Waals surface area contributed by atoms with Crippen molar-refractivity contribution in [2.45, 2.75) is 32.4 Å². The normalized spacial score (nSPS) is 14.2. The first-order valence-corrected chi connectivity index (χ1v) is 4.52. The lowest BCUT2D eigenvalue weighted by atomic mass is 9.90. The highest BCUT2D eigenvalue weighted by molar-refractivity contribution is 5.25. The summed E-state index contributed by atoms with van der Waals surface area (Å²) in [6.45, 7) is 5.94. The highest BCUT2D eigenvalue weighted by Gasteiger charge is 2.22. The van der Waals surface area contributed by atoms with E-state index in [0.717, 1.165) is 5.56 Å². The quantitative estimate of drug-likeness (QED) is 0.724. The molecule has 2 nitrogen and oxygen atoms in total. The molecule has 0 spiro atoms. The molecule has 1 unspecified atom stereocenters. The molecule has 0 saturated carbocycles. The number of benzene rings is 1. The molecule has 0 amide bonds. The Bertz CT molecular complexity index is 269. The SMILES string of the molecule is Cc1ccc(C(N)C(C)(C)N)cc1. The van der Waals surface area contributed by atoms with Gasteiger partial charge in [-0.2, -0.15) is 0 Å². The van der Waals surface area contributed by atoms with E-state index in [1.165, 1.54) is 5.56 Å². The first-order chi connectivity index (χ1) is 5.91. The third kappa shape index (κ3) is 2.54. The minimum absolute atomic E-state index is 0.104. The molecule has 1 atom stereocenters. The summed E-state index contributed by atoms with van der Waals surface area (Å²) in [5.74, 6) is 0. The van der Waals surface area contributed by atoms with Crippen LogP contribution in [-0.4, -0.2) is 5.54 Å². The zero-order valence-electron chi connectivity index (χ0n) is 8.54. The lowest BCUT2D eigenvalue weighted by molar-refractivity contribution is 0.420. The van der Waals surface area contributed by atoms with E-state index < -0.39 is 0 Å². The lowest BCUT2D eigenvalue weighted by Crippen LogP contribution is -2.43. The van der Waals surface area contributed by atoms with Crippen LogP contribution >= 0.6 is 0 Å². The molecule has 0 aliphatic carbocycles. The van der Waals surface area contributed by atoms with Gasteiger partial charge in [-0.05, 0) is 26.3 Å². The van der Waals surface area contributed by atoms with Crippen LogP contribution in [0.4, 0.5) is 0 Å². The number of rotatable bonds is 2. The van der Waals surface area contributed by atoms with Gasteiger partial charge in [-0.25, -0.2) is 0 Å². The monoisotopic (exact) mass is 178 g/mol. The fraction of sp³-hybridized carbons (Fsp3) is 0.455. The fourth-order valence-electron chi connectivity index (χ4n) is 1.20. The molecule has 0 heterocycles. The van der Waals surface area contributed by atoms with Crippen molar-refractivity contribution in [1.82, 2.24) is 0 Å². The summed E-state index contributed by atoms with van der Waals surface area (Å²) in [5, 5.41) is 0. The standard InChI is InChI=1S/C11H18N2/c1-8-4-6-9(7-5-8)10(12)11(2,3)13/h4-7,10H,12-13H2,1-3H3. The van der Waals surface area contributed by atoms with Gasteiger partial charge < -0.3 is 11.5 Å². The molecule has 0 aliphatic rings. The zero-order valence-corrected chi connectivity index (χ0v) is 8.54. The highest BCUT2D eigenvalue weighted by atomic mass is 14.8. The van der Waals surface area contributed by atoms with Crippen molar-refractivity contribution in [1.29, 1.82) is 0 Å². The Hall–Kier alpha value is -0.860. The first kappa shape index (κ1) is 10.2. The molecule has 0 fully saturated rings. The Labute approximate surface area is 79.9 Å². The predicted octanol–water partition coefficient (Wildman–Crippen LogP) is 1.73. The maximum Gasteiger partial charge on any atom is 0.0472 e. The summed E-state index contributed by atoms with van der Waals surface area (Å²) in [6.07, 6.45) is 0. The van der Waals surface area contributed by atoms with Gasteiger partial charge in [0.05, 0.1) is 0 Å². The van der Waals surface area contributed by atoms with E-state index >= 15 is 0 Å². The average molecular weight is 178 g/mol. The van der Waals surface area contributed by atoms with Crippen LogP contribution in [0.15, 0.2) is 24.3 Å². The van der Waals surface area contributed by atoms with Crippen molar-refractivity contribution < 1.29 is 0 Å². The summed E-state index contributed by atoms with van der Waals surface area (Å²) in [4.78, 5) is 0. The summed E-state index contributed by atoms with van der Waals surface area (Å²) in [7, 11) is 0. The van der Waals surface area contributed by atoms with E-state index in [1.807, 2.05) is 26.0 Å². The number of aryl methyl sites for hydroxylation is 1. The van der Waals surface area contributed by atoms with E-state index in [4.69, 9.17) is 11.5 Å². The highest BCUT2D eigenvalue weighted by Crippen LogP contribution is 2.20. The number of nitrogens with two attached hydrogens (primary N) is 2. The van der Waals surface area contributed by atoms with E-state index in [2.05, 4.69) is 19.1 Å². The third-order valence-corrected chi connectivity index (χ3v) is 2.24. The Morgan fingerprint density at radius 2 is 1.62 bits per heavy atom. The minimum Gasteiger partial charge on any atom is -0.324 e. The second-order valence-electron chi connectivity index (χ2n) is 4.21. The number of hydrogen-bond donors (Lipinski definition) is 2. The van der Waals surface area contributed by atoms with Gasteiger partial charge in [0.15, 0.2) is 0 Å². The van der Waals surface area contributed by atoms with E-state index in [9.17, 15) is 0 Å². The molecule has 2 heteroatoms. The van der Waals surface area contributed by atoms with Crippen molar-refractivity contribution in [3.05, 3.63) is 35.4 Å². The molecule has 4 N–H and O–H groups in total. The summed E-state index contributed by atoms with van der Waals surface area (Å²) in [5.41, 5.74) is 13.9. The van der Waals surface area contributed by atoms with Crippen LogP contribution in [0.25, 0.3) is 0 Å². The molecule has 0 aliphatic heterocycles. The third-order valence-electron chi connectivity index (χ3n) is 2.24. The Balaban J connectivity index is 2.90. The maximum absolute atomic E-state index is 6.00. The molecule has 1 aromatic carbocycles.